The molecular formula is C11H15Cl2NO2. The molecule has 0 aromatic heterocycles. The summed E-state index contributed by atoms with van der Waals surface area (Å²) in [5.41, 5.74) is 0.623. The van der Waals surface area contributed by atoms with Gasteiger partial charge in [0.2, 0.25) is 0 Å². The summed E-state index contributed by atoms with van der Waals surface area (Å²) in [6.07, 6.45) is -0.445. The topological polar surface area (TPSA) is 52.5 Å². The molecule has 1 rings (SSSR count). The summed E-state index contributed by atoms with van der Waals surface area (Å²) in [6, 6.07) is 3.01. The number of hydrogen-bond donors (Lipinski definition) is 3. The number of aliphatic hydroxyl groups is 1. The van der Waals surface area contributed by atoms with Gasteiger partial charge in [-0.2, -0.15) is 0 Å². The molecule has 1 unspecified atom stereocenters. The maximum Gasteiger partial charge on any atom is 0.139 e. The highest BCUT2D eigenvalue weighted by atomic mass is 35.5. The van der Waals surface area contributed by atoms with Gasteiger partial charge in [0.1, 0.15) is 5.75 Å². The third-order valence-electron chi connectivity index (χ3n) is 2.24. The van der Waals surface area contributed by atoms with Gasteiger partial charge >= 0.3 is 0 Å². The van der Waals surface area contributed by atoms with Crippen LogP contribution >= 0.6 is 23.2 Å². The number of hydrogen-bond acceptors (Lipinski definition) is 3. The second-order valence-corrected chi connectivity index (χ2v) is 4.65. The Morgan fingerprint density at radius 1 is 1.31 bits per heavy atom. The lowest BCUT2D eigenvalue weighted by Gasteiger charge is -2.17. The first kappa shape index (κ1) is 13.6. The molecule has 0 heterocycles. The van der Waals surface area contributed by atoms with Crippen molar-refractivity contribution in [1.29, 1.82) is 0 Å². The minimum absolute atomic E-state index is 0.0247. The zero-order valence-corrected chi connectivity index (χ0v) is 10.7. The van der Waals surface area contributed by atoms with E-state index in [2.05, 4.69) is 5.32 Å². The quantitative estimate of drug-likeness (QED) is 0.783. The summed E-state index contributed by atoms with van der Waals surface area (Å²) in [4.78, 5) is 0. The van der Waals surface area contributed by atoms with Crippen LogP contribution in [0, 0.1) is 0 Å². The molecular weight excluding hydrogens is 249 g/mol. The number of phenolic OH excluding ortho intramolecular Hbond substituents is 1. The van der Waals surface area contributed by atoms with E-state index in [9.17, 15) is 5.11 Å². The van der Waals surface area contributed by atoms with Gasteiger partial charge in [-0.1, -0.05) is 23.2 Å². The van der Waals surface area contributed by atoms with Crippen molar-refractivity contribution >= 4 is 23.2 Å². The predicted octanol–water partition coefficient (Wildman–Crippen LogP) is 2.73. The normalized spacial score (nSPS) is 14.8. The summed E-state index contributed by atoms with van der Waals surface area (Å²) in [7, 11) is 0. The van der Waals surface area contributed by atoms with Crippen LogP contribution in [0.2, 0.25) is 10.0 Å². The van der Waals surface area contributed by atoms with Gasteiger partial charge in [0, 0.05) is 23.2 Å². The summed E-state index contributed by atoms with van der Waals surface area (Å²) in [6.45, 7) is 3.99. The Balaban J connectivity index is 2.86. The molecule has 0 aliphatic heterocycles. The summed E-state index contributed by atoms with van der Waals surface area (Å²) in [5.74, 6) is 0.0247. The molecule has 0 bridgehead atoms. The lowest BCUT2D eigenvalue weighted by atomic mass is 10.1. The second kappa shape index (κ2) is 5.73. The molecule has 90 valence electrons. The molecule has 5 heteroatoms. The van der Waals surface area contributed by atoms with Crippen LogP contribution in [0.4, 0.5) is 0 Å². The highest BCUT2D eigenvalue weighted by molar-refractivity contribution is 6.35. The molecule has 0 aliphatic rings. The van der Waals surface area contributed by atoms with Crippen molar-refractivity contribution in [3.63, 3.8) is 0 Å². The number of aliphatic hydroxyl groups excluding tert-OH is 1. The summed E-state index contributed by atoms with van der Waals surface area (Å²) in [5, 5.41) is 22.7. The lowest BCUT2D eigenvalue weighted by molar-refractivity contribution is 0.187. The molecule has 0 spiro atoms. The molecule has 3 N–H and O–H groups in total. The largest absolute Gasteiger partial charge is 0.506 e. The van der Waals surface area contributed by atoms with Crippen LogP contribution in [-0.2, 0) is 0 Å². The summed E-state index contributed by atoms with van der Waals surface area (Å²) < 4.78 is 0. The van der Waals surface area contributed by atoms with Gasteiger partial charge in [-0.15, -0.1) is 0 Å². The molecule has 0 radical (unpaired) electrons. The highest BCUT2D eigenvalue weighted by Crippen LogP contribution is 2.34. The molecule has 0 saturated carbocycles. The summed E-state index contributed by atoms with van der Waals surface area (Å²) >= 11 is 11.7. The molecule has 0 amide bonds. The Labute approximate surface area is 105 Å². The third-order valence-corrected chi connectivity index (χ3v) is 2.75. The van der Waals surface area contributed by atoms with Gasteiger partial charge < -0.3 is 15.5 Å². The Hall–Kier alpha value is -0.480. The molecule has 3 nitrogen and oxygen atoms in total. The SMILES string of the molecule is CC(NC[C@@H](C)O)c1cc(Cl)cc(Cl)c1O. The van der Waals surface area contributed by atoms with E-state index in [0.717, 1.165) is 0 Å². The van der Waals surface area contributed by atoms with Gasteiger partial charge in [-0.3, -0.25) is 0 Å². The predicted molar refractivity (Wildman–Crippen MR) is 66.2 cm³/mol. The fraction of sp³-hybridized carbons (Fsp3) is 0.455. The Bertz CT molecular complexity index is 369. The van der Waals surface area contributed by atoms with Gasteiger partial charge in [0.25, 0.3) is 0 Å². The molecule has 0 aliphatic carbocycles. The second-order valence-electron chi connectivity index (χ2n) is 3.80. The average molecular weight is 264 g/mol. The first-order valence-electron chi connectivity index (χ1n) is 5.01. The smallest absolute Gasteiger partial charge is 0.139 e. The monoisotopic (exact) mass is 263 g/mol. The van der Waals surface area contributed by atoms with Crippen LogP contribution < -0.4 is 5.32 Å². The van der Waals surface area contributed by atoms with Gasteiger partial charge in [-0.05, 0) is 26.0 Å². The van der Waals surface area contributed by atoms with E-state index in [-0.39, 0.29) is 16.8 Å². The van der Waals surface area contributed by atoms with E-state index in [1.807, 2.05) is 6.92 Å². The standard InChI is InChI=1S/C11H15Cl2NO2/c1-6(15)5-14-7(2)9-3-8(12)4-10(13)11(9)16/h3-4,6-7,14-16H,5H2,1-2H3/t6-,7?/m1/s1. The van der Waals surface area contributed by atoms with Crippen molar-refractivity contribution in [2.45, 2.75) is 26.0 Å². The van der Waals surface area contributed by atoms with Crippen molar-refractivity contribution < 1.29 is 10.2 Å². The van der Waals surface area contributed by atoms with E-state index in [4.69, 9.17) is 28.3 Å². The van der Waals surface area contributed by atoms with E-state index < -0.39 is 6.10 Å². The number of phenols is 1. The van der Waals surface area contributed by atoms with Crippen molar-refractivity contribution in [3.05, 3.63) is 27.7 Å². The molecule has 0 fully saturated rings. The highest BCUT2D eigenvalue weighted by Gasteiger charge is 2.14. The van der Waals surface area contributed by atoms with E-state index >= 15 is 0 Å². The van der Waals surface area contributed by atoms with Crippen LogP contribution in [0.3, 0.4) is 0 Å². The molecule has 0 saturated heterocycles. The maximum atomic E-state index is 9.76. The molecule has 1 aromatic carbocycles. The number of rotatable bonds is 4. The Kier molecular flexibility index (Phi) is 4.87. The van der Waals surface area contributed by atoms with E-state index in [0.29, 0.717) is 17.1 Å². The Morgan fingerprint density at radius 2 is 1.94 bits per heavy atom. The zero-order valence-electron chi connectivity index (χ0n) is 9.17. The van der Waals surface area contributed by atoms with Crippen molar-refractivity contribution in [1.82, 2.24) is 5.32 Å². The van der Waals surface area contributed by atoms with E-state index in [1.165, 1.54) is 6.07 Å². The molecule has 2 atom stereocenters. The fourth-order valence-electron chi connectivity index (χ4n) is 1.37. The van der Waals surface area contributed by atoms with Gasteiger partial charge in [0.15, 0.2) is 0 Å². The van der Waals surface area contributed by atoms with Crippen LogP contribution in [0.1, 0.15) is 25.5 Å². The number of nitrogens with one attached hydrogen (secondary N) is 1. The number of halogens is 2. The Morgan fingerprint density at radius 3 is 2.50 bits per heavy atom. The van der Waals surface area contributed by atoms with Crippen molar-refractivity contribution in [2.75, 3.05) is 6.54 Å². The average Bonchev–Trinajstić information content (AvgIpc) is 2.19. The molecule has 1 aromatic rings. The van der Waals surface area contributed by atoms with Gasteiger partial charge in [0.05, 0.1) is 11.1 Å². The zero-order chi connectivity index (χ0) is 12.3. The number of benzene rings is 1. The fourth-order valence-corrected chi connectivity index (χ4v) is 1.88. The van der Waals surface area contributed by atoms with Crippen LogP contribution in [0.15, 0.2) is 12.1 Å². The van der Waals surface area contributed by atoms with Crippen molar-refractivity contribution in [2.24, 2.45) is 0 Å². The first-order chi connectivity index (χ1) is 7.41. The van der Waals surface area contributed by atoms with Gasteiger partial charge in [-0.25, -0.2) is 0 Å². The van der Waals surface area contributed by atoms with Crippen LogP contribution in [0.25, 0.3) is 0 Å². The minimum Gasteiger partial charge on any atom is -0.506 e. The first-order valence-corrected chi connectivity index (χ1v) is 5.76. The van der Waals surface area contributed by atoms with Crippen LogP contribution in [0.5, 0.6) is 5.75 Å². The minimum atomic E-state index is -0.445. The van der Waals surface area contributed by atoms with Crippen molar-refractivity contribution in [3.8, 4) is 5.75 Å². The third kappa shape index (κ3) is 3.52. The molecule has 16 heavy (non-hydrogen) atoms. The lowest BCUT2D eigenvalue weighted by Crippen LogP contribution is -2.27. The maximum absolute atomic E-state index is 9.76. The van der Waals surface area contributed by atoms with E-state index in [1.54, 1.807) is 13.0 Å². The van der Waals surface area contributed by atoms with Crippen LogP contribution in [-0.4, -0.2) is 22.9 Å². The number of aromatic hydroxyl groups is 1.